The van der Waals surface area contributed by atoms with Crippen LogP contribution < -0.4 is 4.74 Å². The molecular weight excluding hydrogens is 282 g/mol. The van der Waals surface area contributed by atoms with Crippen LogP contribution in [0.1, 0.15) is 53.6 Å². The first-order chi connectivity index (χ1) is 9.82. The van der Waals surface area contributed by atoms with E-state index in [0.717, 1.165) is 26.9 Å². The van der Waals surface area contributed by atoms with Crippen LogP contribution in [0.15, 0.2) is 24.3 Å². The Labute approximate surface area is 130 Å². The van der Waals surface area contributed by atoms with Crippen molar-refractivity contribution in [3.63, 3.8) is 0 Å². The van der Waals surface area contributed by atoms with Crippen LogP contribution in [0.3, 0.4) is 0 Å². The standard InChI is InChI=1S/C17H21NO2S/c1-11(19)15-16(17(2,3)4)18-14(21-15)10-12-8-6-7-9-13(12)20-5/h6-9H,10H2,1-5H3. The number of aromatic nitrogens is 1. The van der Waals surface area contributed by atoms with Crippen LogP contribution in [0.5, 0.6) is 5.75 Å². The summed E-state index contributed by atoms with van der Waals surface area (Å²) in [4.78, 5) is 17.3. The first kappa shape index (κ1) is 15.7. The number of carbonyl (C=O) groups excluding carboxylic acids is 1. The van der Waals surface area contributed by atoms with Crippen molar-refractivity contribution < 1.29 is 9.53 Å². The summed E-state index contributed by atoms with van der Waals surface area (Å²) in [6, 6.07) is 7.91. The van der Waals surface area contributed by atoms with Gasteiger partial charge in [-0.15, -0.1) is 11.3 Å². The molecule has 21 heavy (non-hydrogen) atoms. The van der Waals surface area contributed by atoms with Gasteiger partial charge in [0.05, 0.1) is 22.7 Å². The summed E-state index contributed by atoms with van der Waals surface area (Å²) in [5.74, 6) is 0.943. The van der Waals surface area contributed by atoms with Gasteiger partial charge < -0.3 is 4.74 Å². The molecular formula is C17H21NO2S. The summed E-state index contributed by atoms with van der Waals surface area (Å²) in [7, 11) is 1.67. The van der Waals surface area contributed by atoms with Crippen molar-refractivity contribution in [3.8, 4) is 5.75 Å². The first-order valence-corrected chi connectivity index (χ1v) is 7.77. The summed E-state index contributed by atoms with van der Waals surface area (Å²) in [6.45, 7) is 7.86. The van der Waals surface area contributed by atoms with Crippen molar-refractivity contribution in [3.05, 3.63) is 45.4 Å². The molecule has 1 heterocycles. The first-order valence-electron chi connectivity index (χ1n) is 6.96. The minimum Gasteiger partial charge on any atom is -0.496 e. The van der Waals surface area contributed by atoms with Gasteiger partial charge in [0, 0.05) is 24.3 Å². The van der Waals surface area contributed by atoms with E-state index in [2.05, 4.69) is 20.8 Å². The largest absolute Gasteiger partial charge is 0.496 e. The van der Waals surface area contributed by atoms with Crippen molar-refractivity contribution in [1.29, 1.82) is 0 Å². The van der Waals surface area contributed by atoms with E-state index in [1.54, 1.807) is 14.0 Å². The Morgan fingerprint density at radius 3 is 2.48 bits per heavy atom. The zero-order valence-corrected chi connectivity index (χ0v) is 14.0. The van der Waals surface area contributed by atoms with Crippen molar-refractivity contribution in [2.45, 2.75) is 39.5 Å². The molecule has 0 N–H and O–H groups in total. The number of hydrogen-bond donors (Lipinski definition) is 0. The summed E-state index contributed by atoms with van der Waals surface area (Å²) in [5.41, 5.74) is 1.85. The second kappa shape index (κ2) is 5.98. The van der Waals surface area contributed by atoms with E-state index in [1.807, 2.05) is 24.3 Å². The summed E-state index contributed by atoms with van der Waals surface area (Å²) < 4.78 is 5.38. The average molecular weight is 303 g/mol. The topological polar surface area (TPSA) is 39.2 Å². The van der Waals surface area contributed by atoms with Crippen molar-refractivity contribution in [2.75, 3.05) is 7.11 Å². The number of para-hydroxylation sites is 1. The van der Waals surface area contributed by atoms with Gasteiger partial charge in [-0.1, -0.05) is 39.0 Å². The lowest BCUT2D eigenvalue weighted by Crippen LogP contribution is -2.15. The Morgan fingerprint density at radius 2 is 1.95 bits per heavy atom. The Hall–Kier alpha value is -1.68. The van der Waals surface area contributed by atoms with Crippen LogP contribution in [0.25, 0.3) is 0 Å². The molecule has 0 unspecified atom stereocenters. The highest BCUT2D eigenvalue weighted by atomic mass is 32.1. The van der Waals surface area contributed by atoms with E-state index >= 15 is 0 Å². The molecule has 3 nitrogen and oxygen atoms in total. The van der Waals surface area contributed by atoms with E-state index in [9.17, 15) is 4.79 Å². The Kier molecular flexibility index (Phi) is 4.47. The number of Topliss-reactive ketones (excluding diaryl/α,β-unsaturated/α-hetero) is 1. The van der Waals surface area contributed by atoms with Crippen LogP contribution in [0.2, 0.25) is 0 Å². The Morgan fingerprint density at radius 1 is 1.29 bits per heavy atom. The maximum absolute atomic E-state index is 11.8. The third-order valence-corrected chi connectivity index (χ3v) is 4.39. The molecule has 1 aromatic heterocycles. The molecule has 112 valence electrons. The molecule has 0 radical (unpaired) electrons. The number of rotatable bonds is 4. The fourth-order valence-corrected chi connectivity index (χ4v) is 3.39. The third-order valence-electron chi connectivity index (χ3n) is 3.24. The molecule has 4 heteroatoms. The number of ketones is 1. The van der Waals surface area contributed by atoms with E-state index in [4.69, 9.17) is 9.72 Å². The monoisotopic (exact) mass is 303 g/mol. The van der Waals surface area contributed by atoms with E-state index in [0.29, 0.717) is 6.42 Å². The quantitative estimate of drug-likeness (QED) is 0.793. The SMILES string of the molecule is COc1ccccc1Cc1nc(C(C)(C)C)c(C(C)=O)s1. The lowest BCUT2D eigenvalue weighted by atomic mass is 9.90. The van der Waals surface area contributed by atoms with Gasteiger partial charge in [0.1, 0.15) is 5.75 Å². The van der Waals surface area contributed by atoms with Gasteiger partial charge in [-0.3, -0.25) is 4.79 Å². The van der Waals surface area contributed by atoms with Gasteiger partial charge in [0.25, 0.3) is 0 Å². The van der Waals surface area contributed by atoms with Crippen LogP contribution in [-0.2, 0) is 11.8 Å². The predicted octanol–water partition coefficient (Wildman–Crippen LogP) is 4.24. The molecule has 0 aliphatic carbocycles. The fourth-order valence-electron chi connectivity index (χ4n) is 2.20. The maximum atomic E-state index is 11.8. The minimum absolute atomic E-state index is 0.0868. The fraction of sp³-hybridized carbons (Fsp3) is 0.412. The van der Waals surface area contributed by atoms with Crippen molar-refractivity contribution in [1.82, 2.24) is 4.98 Å². The number of hydrogen-bond acceptors (Lipinski definition) is 4. The molecule has 2 aromatic rings. The second-order valence-electron chi connectivity index (χ2n) is 6.08. The highest BCUT2D eigenvalue weighted by Gasteiger charge is 2.25. The summed E-state index contributed by atoms with van der Waals surface area (Å²) >= 11 is 1.49. The molecule has 2 rings (SSSR count). The van der Waals surface area contributed by atoms with Gasteiger partial charge in [-0.05, 0) is 6.07 Å². The van der Waals surface area contributed by atoms with E-state index in [1.165, 1.54) is 11.3 Å². The van der Waals surface area contributed by atoms with Gasteiger partial charge >= 0.3 is 0 Å². The van der Waals surface area contributed by atoms with Crippen LogP contribution in [-0.4, -0.2) is 17.9 Å². The lowest BCUT2D eigenvalue weighted by Gasteiger charge is -2.16. The van der Waals surface area contributed by atoms with Crippen LogP contribution in [0, 0.1) is 0 Å². The molecule has 0 aliphatic rings. The van der Waals surface area contributed by atoms with Crippen molar-refractivity contribution in [2.24, 2.45) is 0 Å². The van der Waals surface area contributed by atoms with E-state index in [-0.39, 0.29) is 11.2 Å². The molecule has 0 aliphatic heterocycles. The van der Waals surface area contributed by atoms with E-state index < -0.39 is 0 Å². The number of carbonyl (C=O) groups is 1. The lowest BCUT2D eigenvalue weighted by molar-refractivity contribution is 0.101. The number of nitrogens with zero attached hydrogens (tertiary/aromatic N) is 1. The van der Waals surface area contributed by atoms with Gasteiger partial charge in [-0.2, -0.15) is 0 Å². The molecule has 0 spiro atoms. The number of thiazole rings is 1. The molecule has 0 saturated carbocycles. The van der Waals surface area contributed by atoms with Crippen LogP contribution >= 0.6 is 11.3 Å². The normalized spacial score (nSPS) is 11.5. The highest BCUT2D eigenvalue weighted by Crippen LogP contribution is 2.32. The van der Waals surface area contributed by atoms with Gasteiger partial charge in [0.15, 0.2) is 5.78 Å². The van der Waals surface area contributed by atoms with Gasteiger partial charge in [-0.25, -0.2) is 4.98 Å². The Balaban J connectivity index is 2.40. The third kappa shape index (κ3) is 3.50. The molecule has 1 aromatic carbocycles. The number of benzene rings is 1. The summed E-state index contributed by atoms with van der Waals surface area (Å²) in [5, 5.41) is 0.953. The smallest absolute Gasteiger partial charge is 0.171 e. The second-order valence-corrected chi connectivity index (χ2v) is 7.16. The maximum Gasteiger partial charge on any atom is 0.171 e. The number of methoxy groups -OCH3 is 1. The number of ether oxygens (including phenoxy) is 1. The average Bonchev–Trinajstić information content (AvgIpc) is 2.83. The zero-order chi connectivity index (χ0) is 15.6. The van der Waals surface area contributed by atoms with Crippen molar-refractivity contribution >= 4 is 17.1 Å². The highest BCUT2D eigenvalue weighted by molar-refractivity contribution is 7.13. The van der Waals surface area contributed by atoms with Gasteiger partial charge in [0.2, 0.25) is 0 Å². The summed E-state index contributed by atoms with van der Waals surface area (Å²) in [6.07, 6.45) is 0.686. The predicted molar refractivity (Wildman–Crippen MR) is 86.6 cm³/mol. The molecule has 0 fully saturated rings. The molecule has 0 atom stereocenters. The Bertz CT molecular complexity index is 653. The molecule has 0 saturated heterocycles. The molecule has 0 bridgehead atoms. The van der Waals surface area contributed by atoms with Crippen LogP contribution in [0.4, 0.5) is 0 Å². The molecule has 0 amide bonds. The zero-order valence-electron chi connectivity index (χ0n) is 13.2. The minimum atomic E-state index is -0.128.